The van der Waals surface area contributed by atoms with Crippen molar-refractivity contribution >= 4 is 34.1 Å². The Morgan fingerprint density at radius 1 is 1.62 bits per heavy atom. The van der Waals surface area contributed by atoms with E-state index in [9.17, 15) is 4.79 Å². The molecular formula is C8H9N5OS2. The molecule has 2 aromatic rings. The van der Waals surface area contributed by atoms with Crippen LogP contribution in [0.2, 0.25) is 0 Å². The number of hydrogen-bond donors (Lipinski definition) is 2. The van der Waals surface area contributed by atoms with Gasteiger partial charge in [-0.25, -0.2) is 4.98 Å². The van der Waals surface area contributed by atoms with Crippen molar-refractivity contribution in [2.45, 2.75) is 11.1 Å². The Bertz CT molecular complexity index is 493. The fourth-order valence-electron chi connectivity index (χ4n) is 1.10. The van der Waals surface area contributed by atoms with Gasteiger partial charge in [0, 0.05) is 0 Å². The van der Waals surface area contributed by atoms with Gasteiger partial charge in [0.05, 0.1) is 16.1 Å². The molecule has 0 aliphatic carbocycles. The first-order valence-electron chi connectivity index (χ1n) is 4.39. The number of rotatable bonds is 3. The van der Waals surface area contributed by atoms with Crippen LogP contribution in [0.5, 0.6) is 0 Å². The maximum absolute atomic E-state index is 11.6. The number of thioether (sulfide) groups is 1. The van der Waals surface area contributed by atoms with Crippen LogP contribution in [0.3, 0.4) is 0 Å². The Hall–Kier alpha value is -1.41. The predicted octanol–water partition coefficient (Wildman–Crippen LogP) is 1.54. The molecule has 2 rings (SSSR count). The van der Waals surface area contributed by atoms with Crippen molar-refractivity contribution in [2.24, 2.45) is 0 Å². The van der Waals surface area contributed by atoms with Crippen LogP contribution in [0, 0.1) is 6.92 Å². The van der Waals surface area contributed by atoms with Crippen molar-refractivity contribution in [3.63, 3.8) is 0 Å². The Balaban J connectivity index is 2.12. The molecule has 2 heterocycles. The van der Waals surface area contributed by atoms with E-state index in [4.69, 9.17) is 0 Å². The van der Waals surface area contributed by atoms with Gasteiger partial charge in [-0.05, 0) is 13.2 Å². The number of carbonyl (C=O) groups is 1. The predicted molar refractivity (Wildman–Crippen MR) is 63.0 cm³/mol. The first-order chi connectivity index (χ1) is 7.70. The quantitative estimate of drug-likeness (QED) is 0.813. The zero-order valence-electron chi connectivity index (χ0n) is 8.64. The molecule has 84 valence electrons. The highest BCUT2D eigenvalue weighted by molar-refractivity contribution is 8.00. The summed E-state index contributed by atoms with van der Waals surface area (Å²) in [5, 5.41) is 12.9. The summed E-state index contributed by atoms with van der Waals surface area (Å²) in [5.41, 5.74) is 1.17. The van der Waals surface area contributed by atoms with Gasteiger partial charge in [0.25, 0.3) is 5.91 Å². The van der Waals surface area contributed by atoms with E-state index in [-0.39, 0.29) is 11.6 Å². The number of aromatic amines is 1. The van der Waals surface area contributed by atoms with Crippen molar-refractivity contribution in [3.8, 4) is 0 Å². The van der Waals surface area contributed by atoms with Crippen molar-refractivity contribution in [3.05, 3.63) is 17.6 Å². The maximum atomic E-state index is 11.6. The molecule has 2 aromatic heterocycles. The molecule has 0 fully saturated rings. The third kappa shape index (κ3) is 2.22. The number of nitrogens with zero attached hydrogens (tertiary/aromatic N) is 3. The van der Waals surface area contributed by atoms with Gasteiger partial charge in [-0.15, -0.1) is 11.8 Å². The van der Waals surface area contributed by atoms with E-state index in [1.165, 1.54) is 17.5 Å². The van der Waals surface area contributed by atoms with Gasteiger partial charge in [0.15, 0.2) is 10.8 Å². The first-order valence-corrected chi connectivity index (χ1v) is 6.43. The van der Waals surface area contributed by atoms with Gasteiger partial charge in [-0.1, -0.05) is 11.3 Å². The maximum Gasteiger partial charge on any atom is 0.279 e. The molecule has 8 heteroatoms. The Morgan fingerprint density at radius 3 is 3.00 bits per heavy atom. The number of aryl methyl sites for hydroxylation is 1. The van der Waals surface area contributed by atoms with E-state index < -0.39 is 0 Å². The second-order valence-corrected chi connectivity index (χ2v) is 4.98. The standard InChI is InChI=1S/C8H9N5OS2/c1-4-7(15-2)16-8(10-4)11-6(14)5-3-9-13-12-5/h3H,1-2H3,(H,9,12,13)(H,10,11,14). The zero-order chi connectivity index (χ0) is 11.5. The molecule has 0 spiro atoms. The monoisotopic (exact) mass is 255 g/mol. The van der Waals surface area contributed by atoms with Crippen LogP contribution in [0.4, 0.5) is 5.13 Å². The van der Waals surface area contributed by atoms with Gasteiger partial charge >= 0.3 is 0 Å². The summed E-state index contributed by atoms with van der Waals surface area (Å²) in [6.45, 7) is 1.91. The molecule has 0 unspecified atom stereocenters. The molecule has 16 heavy (non-hydrogen) atoms. The van der Waals surface area contributed by atoms with Crippen molar-refractivity contribution in [1.82, 2.24) is 20.4 Å². The third-order valence-electron chi connectivity index (χ3n) is 1.81. The van der Waals surface area contributed by atoms with E-state index >= 15 is 0 Å². The molecule has 0 saturated carbocycles. The van der Waals surface area contributed by atoms with Crippen LogP contribution in [0.25, 0.3) is 0 Å². The molecule has 6 nitrogen and oxygen atoms in total. The third-order valence-corrected chi connectivity index (χ3v) is 4.09. The van der Waals surface area contributed by atoms with Crippen molar-refractivity contribution in [2.75, 3.05) is 11.6 Å². The molecule has 0 saturated heterocycles. The summed E-state index contributed by atoms with van der Waals surface area (Å²) in [4.78, 5) is 15.8. The molecule has 2 N–H and O–H groups in total. The summed E-state index contributed by atoms with van der Waals surface area (Å²) >= 11 is 3.06. The van der Waals surface area contributed by atoms with Crippen molar-refractivity contribution < 1.29 is 4.79 Å². The van der Waals surface area contributed by atoms with E-state index in [2.05, 4.69) is 25.7 Å². The Labute approximate surface area is 99.9 Å². The minimum absolute atomic E-state index is 0.249. The molecular weight excluding hydrogens is 246 g/mol. The second kappa shape index (κ2) is 4.62. The highest BCUT2D eigenvalue weighted by atomic mass is 32.2. The van der Waals surface area contributed by atoms with E-state index in [1.54, 1.807) is 11.8 Å². The summed E-state index contributed by atoms with van der Waals surface area (Å²) < 4.78 is 1.09. The molecule has 0 aromatic carbocycles. The van der Waals surface area contributed by atoms with Gasteiger partial charge < -0.3 is 0 Å². The molecule has 0 atom stereocenters. The summed E-state index contributed by atoms with van der Waals surface area (Å²) in [6, 6.07) is 0. The number of hydrogen-bond acceptors (Lipinski definition) is 6. The topological polar surface area (TPSA) is 83.6 Å². The number of H-pyrrole nitrogens is 1. The highest BCUT2D eigenvalue weighted by Gasteiger charge is 2.12. The number of aromatic nitrogens is 4. The van der Waals surface area contributed by atoms with E-state index in [0.29, 0.717) is 5.13 Å². The van der Waals surface area contributed by atoms with Crippen LogP contribution in [-0.4, -0.2) is 32.6 Å². The first kappa shape index (κ1) is 11.1. The van der Waals surface area contributed by atoms with Crippen LogP contribution < -0.4 is 5.32 Å². The lowest BCUT2D eigenvalue weighted by atomic mass is 10.4. The van der Waals surface area contributed by atoms with Gasteiger partial charge in [-0.2, -0.15) is 15.4 Å². The molecule has 0 aliphatic rings. The zero-order valence-corrected chi connectivity index (χ0v) is 10.3. The smallest absolute Gasteiger partial charge is 0.279 e. The average molecular weight is 255 g/mol. The van der Waals surface area contributed by atoms with Crippen LogP contribution in [-0.2, 0) is 0 Å². The summed E-state index contributed by atoms with van der Waals surface area (Å²) in [5.74, 6) is -0.310. The minimum Gasteiger partial charge on any atom is -0.296 e. The summed E-state index contributed by atoms with van der Waals surface area (Å²) in [7, 11) is 0. The second-order valence-electron chi connectivity index (χ2n) is 2.91. The Kier molecular flexibility index (Phi) is 3.20. The number of nitrogens with one attached hydrogen (secondary N) is 2. The number of carbonyl (C=O) groups excluding carboxylic acids is 1. The number of amides is 1. The van der Waals surface area contributed by atoms with Gasteiger partial charge in [0.2, 0.25) is 0 Å². The van der Waals surface area contributed by atoms with E-state index in [0.717, 1.165) is 9.90 Å². The molecule has 1 amide bonds. The van der Waals surface area contributed by atoms with Crippen LogP contribution >= 0.6 is 23.1 Å². The average Bonchev–Trinajstić information content (AvgIpc) is 2.87. The van der Waals surface area contributed by atoms with E-state index in [1.807, 2.05) is 13.2 Å². The number of anilines is 1. The highest BCUT2D eigenvalue weighted by Crippen LogP contribution is 2.30. The van der Waals surface area contributed by atoms with Gasteiger partial charge in [-0.3, -0.25) is 10.1 Å². The normalized spacial score (nSPS) is 10.4. The fraction of sp³-hybridized carbons (Fsp3) is 0.250. The lowest BCUT2D eigenvalue weighted by Gasteiger charge is -1.95. The molecule has 0 radical (unpaired) electrons. The number of thiazole rings is 1. The minimum atomic E-state index is -0.310. The summed E-state index contributed by atoms with van der Waals surface area (Å²) in [6.07, 6.45) is 3.34. The lowest BCUT2D eigenvalue weighted by Crippen LogP contribution is -2.12. The molecule has 0 bridgehead atoms. The van der Waals surface area contributed by atoms with Crippen LogP contribution in [0.1, 0.15) is 16.2 Å². The van der Waals surface area contributed by atoms with Gasteiger partial charge in [0.1, 0.15) is 0 Å². The van der Waals surface area contributed by atoms with Crippen molar-refractivity contribution in [1.29, 1.82) is 0 Å². The Morgan fingerprint density at radius 2 is 2.44 bits per heavy atom. The largest absolute Gasteiger partial charge is 0.296 e. The van der Waals surface area contributed by atoms with Crippen LogP contribution in [0.15, 0.2) is 10.4 Å². The SMILES string of the molecule is CSc1sc(NC(=O)c2cn[nH]n2)nc1C. The molecule has 0 aliphatic heterocycles. The lowest BCUT2D eigenvalue weighted by molar-refractivity contribution is 0.102. The fourth-order valence-corrected chi connectivity index (χ4v) is 2.70.